The molecule has 0 bridgehead atoms. The first kappa shape index (κ1) is 31.4. The number of aliphatic carboxylic acids is 1. The molecule has 1 aromatic rings. The van der Waals surface area contributed by atoms with E-state index in [1.54, 1.807) is 19.1 Å². The maximum atomic E-state index is 13.2. The number of amides is 4. The van der Waals surface area contributed by atoms with Gasteiger partial charge in [-0.15, -0.1) is 0 Å². The zero-order valence-electron chi connectivity index (χ0n) is 21.7. The maximum Gasteiger partial charge on any atom is 0.326 e. The molecule has 0 aliphatic rings. The van der Waals surface area contributed by atoms with Crippen molar-refractivity contribution in [2.24, 2.45) is 23.3 Å². The summed E-state index contributed by atoms with van der Waals surface area (Å²) in [6, 6.07) is 1.29. The third-order valence-electron chi connectivity index (χ3n) is 5.88. The first-order valence-corrected chi connectivity index (χ1v) is 12.2. The van der Waals surface area contributed by atoms with Gasteiger partial charge in [0.15, 0.2) is 0 Å². The van der Waals surface area contributed by atoms with Crippen LogP contribution in [0.2, 0.25) is 0 Å². The van der Waals surface area contributed by atoms with Crippen LogP contribution in [0.25, 0.3) is 0 Å². The zero-order valence-corrected chi connectivity index (χ0v) is 21.7. The molecule has 0 fully saturated rings. The number of phenolic OH excluding ortho intramolecular Hbond substituents is 1. The molecule has 0 aromatic heterocycles. The van der Waals surface area contributed by atoms with Gasteiger partial charge in [0.1, 0.15) is 23.9 Å². The second kappa shape index (κ2) is 14.8. The standard InChI is InChI=1S/C25H39N5O7/c1-5-14(4)21(30-22(33)17(26)12-20(27)32)24(35)28-18(10-13(2)3)23(34)29-19(25(36)37)11-15-6-8-16(31)9-7-15/h6-9,13-14,17-19,21,31H,5,10-12,26H2,1-4H3,(H2,27,32)(H,28,35)(H,29,34)(H,30,33)(H,36,37). The minimum Gasteiger partial charge on any atom is -0.508 e. The lowest BCUT2D eigenvalue weighted by molar-refractivity contribution is -0.142. The lowest BCUT2D eigenvalue weighted by Crippen LogP contribution is -2.59. The number of rotatable bonds is 15. The topological polar surface area (TPSA) is 214 Å². The molecule has 0 radical (unpaired) electrons. The minimum atomic E-state index is -1.28. The lowest BCUT2D eigenvalue weighted by atomic mass is 9.96. The monoisotopic (exact) mass is 521 g/mol. The third kappa shape index (κ3) is 10.9. The molecule has 5 unspecified atom stereocenters. The number of carbonyl (C=O) groups is 5. The number of nitrogens with two attached hydrogens (primary N) is 2. The first-order valence-electron chi connectivity index (χ1n) is 12.2. The number of phenols is 1. The molecule has 206 valence electrons. The number of carboxylic acid groups (broad SMARTS) is 1. The Morgan fingerprint density at radius 1 is 0.892 bits per heavy atom. The highest BCUT2D eigenvalue weighted by molar-refractivity contribution is 5.95. The van der Waals surface area contributed by atoms with Crippen molar-refractivity contribution in [3.63, 3.8) is 0 Å². The van der Waals surface area contributed by atoms with E-state index in [-0.39, 0.29) is 30.4 Å². The summed E-state index contributed by atoms with van der Waals surface area (Å²) < 4.78 is 0. The highest BCUT2D eigenvalue weighted by atomic mass is 16.4. The van der Waals surface area contributed by atoms with Gasteiger partial charge in [0.05, 0.1) is 12.5 Å². The van der Waals surface area contributed by atoms with E-state index in [2.05, 4.69) is 16.0 Å². The van der Waals surface area contributed by atoms with E-state index in [9.17, 15) is 34.2 Å². The van der Waals surface area contributed by atoms with Gasteiger partial charge in [-0.3, -0.25) is 19.2 Å². The summed E-state index contributed by atoms with van der Waals surface area (Å²) >= 11 is 0. The number of primary amides is 1. The van der Waals surface area contributed by atoms with Crippen LogP contribution in [0.15, 0.2) is 24.3 Å². The second-order valence-electron chi connectivity index (χ2n) is 9.61. The van der Waals surface area contributed by atoms with E-state index in [4.69, 9.17) is 11.5 Å². The van der Waals surface area contributed by atoms with Crippen LogP contribution in [-0.4, -0.2) is 64.0 Å². The van der Waals surface area contributed by atoms with Crippen molar-refractivity contribution in [2.45, 2.75) is 77.5 Å². The smallest absolute Gasteiger partial charge is 0.326 e. The van der Waals surface area contributed by atoms with E-state index in [1.807, 2.05) is 20.8 Å². The summed E-state index contributed by atoms with van der Waals surface area (Å²) in [4.78, 5) is 61.7. The maximum absolute atomic E-state index is 13.2. The fourth-order valence-electron chi connectivity index (χ4n) is 3.58. The number of benzene rings is 1. The third-order valence-corrected chi connectivity index (χ3v) is 5.88. The molecule has 0 aliphatic carbocycles. The Labute approximate surface area is 216 Å². The molecule has 4 amide bonds. The van der Waals surface area contributed by atoms with Crippen LogP contribution in [0.5, 0.6) is 5.75 Å². The van der Waals surface area contributed by atoms with Crippen LogP contribution in [0.4, 0.5) is 0 Å². The van der Waals surface area contributed by atoms with Gasteiger partial charge in [-0.2, -0.15) is 0 Å². The van der Waals surface area contributed by atoms with Gasteiger partial charge in [0, 0.05) is 6.42 Å². The highest BCUT2D eigenvalue weighted by Crippen LogP contribution is 2.14. The van der Waals surface area contributed by atoms with Gasteiger partial charge >= 0.3 is 5.97 Å². The van der Waals surface area contributed by atoms with Crippen molar-refractivity contribution in [1.82, 2.24) is 16.0 Å². The van der Waals surface area contributed by atoms with E-state index in [1.165, 1.54) is 12.1 Å². The molecule has 1 rings (SSSR count). The molecule has 0 saturated heterocycles. The summed E-state index contributed by atoms with van der Waals surface area (Å²) in [6.07, 6.45) is 0.299. The fourth-order valence-corrected chi connectivity index (χ4v) is 3.58. The summed E-state index contributed by atoms with van der Waals surface area (Å²) in [7, 11) is 0. The Hall–Kier alpha value is -3.67. The lowest BCUT2D eigenvalue weighted by Gasteiger charge is -2.28. The molecule has 12 nitrogen and oxygen atoms in total. The molecule has 0 aliphatic heterocycles. The normalized spacial score (nSPS) is 15.1. The largest absolute Gasteiger partial charge is 0.508 e. The molecule has 0 spiro atoms. The highest BCUT2D eigenvalue weighted by Gasteiger charge is 2.33. The molecule has 12 heteroatoms. The molecule has 1 aromatic carbocycles. The first-order chi connectivity index (χ1) is 17.2. The van der Waals surface area contributed by atoms with Crippen LogP contribution >= 0.6 is 0 Å². The molecule has 0 heterocycles. The van der Waals surface area contributed by atoms with Crippen molar-refractivity contribution in [1.29, 1.82) is 0 Å². The SMILES string of the molecule is CCC(C)C(NC(=O)C(N)CC(N)=O)C(=O)NC(CC(C)C)C(=O)NC(Cc1ccc(O)cc1)C(=O)O. The Balaban J connectivity index is 3.04. The predicted octanol–water partition coefficient (Wildman–Crippen LogP) is -0.231. The summed E-state index contributed by atoms with van der Waals surface area (Å²) in [5.41, 5.74) is 11.4. The van der Waals surface area contributed by atoms with Crippen LogP contribution in [0, 0.1) is 11.8 Å². The Morgan fingerprint density at radius 3 is 1.95 bits per heavy atom. The average molecular weight is 522 g/mol. The average Bonchev–Trinajstić information content (AvgIpc) is 2.81. The van der Waals surface area contributed by atoms with Gasteiger partial charge < -0.3 is 37.6 Å². The quantitative estimate of drug-likeness (QED) is 0.163. The molecule has 37 heavy (non-hydrogen) atoms. The number of hydrogen-bond donors (Lipinski definition) is 7. The summed E-state index contributed by atoms with van der Waals surface area (Å²) in [6.45, 7) is 7.24. The van der Waals surface area contributed by atoms with Gasteiger partial charge in [0.2, 0.25) is 23.6 Å². The zero-order chi connectivity index (χ0) is 28.3. The van der Waals surface area contributed by atoms with Crippen molar-refractivity contribution in [3.8, 4) is 5.75 Å². The van der Waals surface area contributed by atoms with Crippen molar-refractivity contribution >= 4 is 29.6 Å². The summed E-state index contributed by atoms with van der Waals surface area (Å²) in [5, 5.41) is 26.7. The van der Waals surface area contributed by atoms with Crippen LogP contribution in [0.1, 0.15) is 52.5 Å². The number of nitrogens with one attached hydrogen (secondary N) is 3. The number of hydrogen-bond acceptors (Lipinski definition) is 7. The Morgan fingerprint density at radius 2 is 1.46 bits per heavy atom. The van der Waals surface area contributed by atoms with E-state index in [0.717, 1.165) is 0 Å². The van der Waals surface area contributed by atoms with Gasteiger partial charge in [0.25, 0.3) is 0 Å². The number of carboxylic acids is 1. The molecule has 5 atom stereocenters. The second-order valence-corrected chi connectivity index (χ2v) is 9.61. The van der Waals surface area contributed by atoms with Gasteiger partial charge in [-0.25, -0.2) is 4.79 Å². The summed E-state index contributed by atoms with van der Waals surface area (Å²) in [5.74, 6) is -4.42. The minimum absolute atomic E-state index is 0.0258. The number of aromatic hydroxyl groups is 1. The van der Waals surface area contributed by atoms with E-state index < -0.39 is 60.2 Å². The fraction of sp³-hybridized carbons (Fsp3) is 0.560. The van der Waals surface area contributed by atoms with Crippen LogP contribution < -0.4 is 27.4 Å². The van der Waals surface area contributed by atoms with E-state index in [0.29, 0.717) is 12.0 Å². The van der Waals surface area contributed by atoms with Crippen LogP contribution in [-0.2, 0) is 30.4 Å². The predicted molar refractivity (Wildman–Crippen MR) is 136 cm³/mol. The van der Waals surface area contributed by atoms with Gasteiger partial charge in [-0.05, 0) is 36.0 Å². The Bertz CT molecular complexity index is 951. The van der Waals surface area contributed by atoms with E-state index >= 15 is 0 Å². The molecule has 0 saturated carbocycles. The van der Waals surface area contributed by atoms with Gasteiger partial charge in [-0.1, -0.05) is 46.2 Å². The van der Waals surface area contributed by atoms with Crippen molar-refractivity contribution in [3.05, 3.63) is 29.8 Å². The molecule has 9 N–H and O–H groups in total. The number of carbonyl (C=O) groups excluding carboxylic acids is 4. The molecular weight excluding hydrogens is 482 g/mol. The molecular formula is C25H39N5O7. The van der Waals surface area contributed by atoms with Crippen molar-refractivity contribution < 1.29 is 34.2 Å². The van der Waals surface area contributed by atoms with Crippen molar-refractivity contribution in [2.75, 3.05) is 0 Å². The Kier molecular flexibility index (Phi) is 12.5. The van der Waals surface area contributed by atoms with Crippen LogP contribution in [0.3, 0.4) is 0 Å².